The Balaban J connectivity index is 1.74. The molecule has 6 nitrogen and oxygen atoms in total. The van der Waals surface area contributed by atoms with E-state index in [9.17, 15) is 16.8 Å². The average Bonchev–Trinajstić information content (AvgIpc) is 3.00. The molecule has 0 aromatic heterocycles. The molecule has 0 saturated carbocycles. The topological polar surface area (TPSA) is 83.6 Å². The van der Waals surface area contributed by atoms with Crippen LogP contribution in [0.15, 0.2) is 23.1 Å². The second kappa shape index (κ2) is 6.74. The predicted octanol–water partition coefficient (Wildman–Crippen LogP) is 1.13. The largest absolute Gasteiger partial charge is 0.243 e. The summed E-state index contributed by atoms with van der Waals surface area (Å²) in [6.07, 6.45) is 5.76. The van der Waals surface area contributed by atoms with Gasteiger partial charge in [-0.3, -0.25) is 0 Å². The van der Waals surface area contributed by atoms with Gasteiger partial charge in [0.1, 0.15) is 0 Å². The van der Waals surface area contributed by atoms with Gasteiger partial charge in [0.15, 0.2) is 0 Å². The van der Waals surface area contributed by atoms with Gasteiger partial charge >= 0.3 is 0 Å². The van der Waals surface area contributed by atoms with Crippen molar-refractivity contribution in [2.75, 3.05) is 25.9 Å². The molecule has 2 aliphatic rings. The van der Waals surface area contributed by atoms with Crippen molar-refractivity contribution < 1.29 is 16.8 Å². The van der Waals surface area contributed by atoms with Crippen LogP contribution in [0.3, 0.4) is 0 Å². The third-order valence-electron chi connectivity index (χ3n) is 4.82. The van der Waals surface area contributed by atoms with E-state index in [0.29, 0.717) is 18.0 Å². The molecular weight excluding hydrogens is 348 g/mol. The van der Waals surface area contributed by atoms with Gasteiger partial charge in [-0.15, -0.1) is 0 Å². The van der Waals surface area contributed by atoms with Gasteiger partial charge in [-0.25, -0.2) is 21.6 Å². The summed E-state index contributed by atoms with van der Waals surface area (Å²) in [7, 11) is -6.77. The van der Waals surface area contributed by atoms with Crippen molar-refractivity contribution in [3.63, 3.8) is 0 Å². The van der Waals surface area contributed by atoms with Crippen molar-refractivity contribution in [3.8, 4) is 0 Å². The zero-order chi connectivity index (χ0) is 17.4. The van der Waals surface area contributed by atoms with E-state index in [2.05, 4.69) is 4.72 Å². The van der Waals surface area contributed by atoms with Crippen molar-refractivity contribution in [1.29, 1.82) is 0 Å². The van der Waals surface area contributed by atoms with Crippen LogP contribution in [0.25, 0.3) is 0 Å². The Morgan fingerprint density at radius 3 is 2.62 bits per heavy atom. The number of aryl methyl sites for hydroxylation is 2. The van der Waals surface area contributed by atoms with Gasteiger partial charge < -0.3 is 0 Å². The number of piperidine rings is 1. The Morgan fingerprint density at radius 1 is 1.12 bits per heavy atom. The van der Waals surface area contributed by atoms with Crippen molar-refractivity contribution in [1.82, 2.24) is 9.03 Å². The van der Waals surface area contributed by atoms with Crippen LogP contribution in [0.2, 0.25) is 0 Å². The molecule has 1 fully saturated rings. The third kappa shape index (κ3) is 3.99. The molecule has 0 spiro atoms. The maximum absolute atomic E-state index is 12.9. The van der Waals surface area contributed by atoms with E-state index >= 15 is 0 Å². The molecule has 134 valence electrons. The van der Waals surface area contributed by atoms with E-state index < -0.39 is 20.0 Å². The minimum atomic E-state index is -3.51. The summed E-state index contributed by atoms with van der Waals surface area (Å²) in [4.78, 5) is 0.361. The number of sulfonamides is 2. The molecule has 24 heavy (non-hydrogen) atoms. The van der Waals surface area contributed by atoms with Crippen LogP contribution < -0.4 is 4.72 Å². The fraction of sp³-hybridized carbons (Fsp3) is 0.625. The fourth-order valence-corrected chi connectivity index (χ4v) is 5.68. The molecule has 0 amide bonds. The smallest absolute Gasteiger partial charge is 0.215 e. The Labute approximate surface area is 144 Å². The predicted molar refractivity (Wildman–Crippen MR) is 92.8 cm³/mol. The highest BCUT2D eigenvalue weighted by Gasteiger charge is 2.31. The Bertz CT molecular complexity index is 818. The molecule has 0 radical (unpaired) electrons. The first-order valence-corrected chi connectivity index (χ1v) is 11.7. The van der Waals surface area contributed by atoms with Crippen LogP contribution in [-0.2, 0) is 32.9 Å². The summed E-state index contributed by atoms with van der Waals surface area (Å²) in [5.74, 6) is 0.0117. The molecule has 1 saturated heterocycles. The molecule has 1 aromatic carbocycles. The van der Waals surface area contributed by atoms with Crippen molar-refractivity contribution in [3.05, 3.63) is 29.3 Å². The maximum atomic E-state index is 12.9. The number of nitrogens with zero attached hydrogens (tertiary/aromatic N) is 1. The molecule has 0 bridgehead atoms. The molecular formula is C16H24N2O4S2. The average molecular weight is 373 g/mol. The Hall–Kier alpha value is -0.960. The highest BCUT2D eigenvalue weighted by Crippen LogP contribution is 2.28. The number of fused-ring (bicyclic) bond motifs is 1. The molecule has 1 aromatic rings. The molecule has 1 aliphatic heterocycles. The van der Waals surface area contributed by atoms with E-state index in [4.69, 9.17) is 0 Å². The summed E-state index contributed by atoms with van der Waals surface area (Å²) < 4.78 is 52.3. The first kappa shape index (κ1) is 17.8. The third-order valence-corrected chi connectivity index (χ3v) is 7.38. The fourth-order valence-electron chi connectivity index (χ4n) is 3.54. The van der Waals surface area contributed by atoms with Crippen molar-refractivity contribution >= 4 is 20.0 Å². The van der Waals surface area contributed by atoms with Gasteiger partial charge in [-0.05, 0) is 61.3 Å². The monoisotopic (exact) mass is 372 g/mol. The Morgan fingerprint density at radius 2 is 1.88 bits per heavy atom. The summed E-state index contributed by atoms with van der Waals surface area (Å²) in [6, 6.07) is 5.45. The highest BCUT2D eigenvalue weighted by molar-refractivity contribution is 7.89. The summed E-state index contributed by atoms with van der Waals surface area (Å²) in [5.41, 5.74) is 2.39. The number of rotatable bonds is 5. The van der Waals surface area contributed by atoms with Crippen LogP contribution in [0.1, 0.15) is 30.4 Å². The molecule has 1 aliphatic carbocycles. The first-order valence-electron chi connectivity index (χ1n) is 8.32. The van der Waals surface area contributed by atoms with E-state index in [0.717, 1.165) is 43.9 Å². The van der Waals surface area contributed by atoms with Crippen LogP contribution in [0.5, 0.6) is 0 Å². The molecule has 0 unspecified atom stereocenters. The zero-order valence-corrected chi connectivity index (χ0v) is 15.5. The normalized spacial score (nSPS) is 22.5. The van der Waals surface area contributed by atoms with E-state index in [1.807, 2.05) is 12.1 Å². The lowest BCUT2D eigenvalue weighted by molar-refractivity contribution is 0.267. The molecule has 3 rings (SSSR count). The van der Waals surface area contributed by atoms with Crippen LogP contribution in [0.4, 0.5) is 0 Å². The number of hydrogen-bond acceptors (Lipinski definition) is 4. The minimum Gasteiger partial charge on any atom is -0.215 e. The SMILES string of the molecule is CS(=O)(=O)NC[C@H]1CCCN(S(=O)(=O)c2ccc3c(c2)CCC3)C1. The summed E-state index contributed by atoms with van der Waals surface area (Å²) >= 11 is 0. The maximum Gasteiger partial charge on any atom is 0.243 e. The number of hydrogen-bond donors (Lipinski definition) is 1. The van der Waals surface area contributed by atoms with Gasteiger partial charge in [-0.1, -0.05) is 6.07 Å². The van der Waals surface area contributed by atoms with E-state index in [1.54, 1.807) is 6.07 Å². The van der Waals surface area contributed by atoms with Crippen LogP contribution in [-0.4, -0.2) is 47.0 Å². The number of benzene rings is 1. The summed E-state index contributed by atoms with van der Waals surface area (Å²) in [6.45, 7) is 1.14. The minimum absolute atomic E-state index is 0.0117. The van der Waals surface area contributed by atoms with Crippen molar-refractivity contribution in [2.45, 2.75) is 37.0 Å². The van der Waals surface area contributed by atoms with Gasteiger partial charge in [0, 0.05) is 19.6 Å². The molecule has 1 N–H and O–H groups in total. The second-order valence-electron chi connectivity index (χ2n) is 6.78. The second-order valence-corrected chi connectivity index (χ2v) is 10.5. The highest BCUT2D eigenvalue weighted by atomic mass is 32.2. The lowest BCUT2D eigenvalue weighted by Crippen LogP contribution is -2.43. The van der Waals surface area contributed by atoms with Gasteiger partial charge in [0.25, 0.3) is 0 Å². The lowest BCUT2D eigenvalue weighted by atomic mass is 10.0. The number of nitrogens with one attached hydrogen (secondary N) is 1. The Kier molecular flexibility index (Phi) is 5.01. The van der Waals surface area contributed by atoms with Gasteiger partial charge in [0.2, 0.25) is 20.0 Å². The van der Waals surface area contributed by atoms with Gasteiger partial charge in [-0.2, -0.15) is 4.31 Å². The molecule has 1 heterocycles. The van der Waals surface area contributed by atoms with Gasteiger partial charge in [0.05, 0.1) is 11.2 Å². The zero-order valence-electron chi connectivity index (χ0n) is 13.9. The van der Waals surface area contributed by atoms with E-state index in [1.165, 1.54) is 9.87 Å². The van der Waals surface area contributed by atoms with Crippen LogP contribution in [0, 0.1) is 5.92 Å². The molecule has 8 heteroatoms. The quantitative estimate of drug-likeness (QED) is 0.840. The van der Waals surface area contributed by atoms with Crippen LogP contribution >= 0.6 is 0 Å². The first-order chi connectivity index (χ1) is 11.3. The standard InChI is InChI=1S/C16H24N2O4S2/c1-23(19,20)17-11-13-4-3-9-18(12-13)24(21,22)16-8-7-14-5-2-6-15(14)10-16/h7-8,10,13,17H,2-6,9,11-12H2,1H3/t13-/m1/s1. The summed E-state index contributed by atoms with van der Waals surface area (Å²) in [5, 5.41) is 0. The van der Waals surface area contributed by atoms with Crippen molar-refractivity contribution in [2.24, 2.45) is 5.92 Å². The lowest BCUT2D eigenvalue weighted by Gasteiger charge is -2.32. The molecule has 1 atom stereocenters. The van der Waals surface area contributed by atoms with E-state index in [-0.39, 0.29) is 12.5 Å².